The van der Waals surface area contributed by atoms with Crippen LogP contribution in [0.3, 0.4) is 0 Å². The lowest BCUT2D eigenvalue weighted by atomic mass is 10.3. The largest absolute Gasteiger partial charge is 0.401 e. The molecule has 0 aromatic carbocycles. The molecule has 1 aliphatic rings. The Morgan fingerprint density at radius 3 is 2.80 bits per heavy atom. The summed E-state index contributed by atoms with van der Waals surface area (Å²) in [5, 5.41) is 4.89. The number of nitrogens with zero attached hydrogens (tertiary/aromatic N) is 1. The van der Waals surface area contributed by atoms with Crippen LogP contribution in [0.2, 0.25) is 0 Å². The van der Waals surface area contributed by atoms with Crippen molar-refractivity contribution in [1.82, 2.24) is 10.3 Å². The van der Waals surface area contributed by atoms with Crippen molar-refractivity contribution in [1.29, 1.82) is 0 Å². The summed E-state index contributed by atoms with van der Waals surface area (Å²) >= 11 is 0. The first kappa shape index (κ1) is 7.37. The first-order valence-electron chi connectivity index (χ1n) is 3.40. The predicted octanol–water partition coefficient (Wildman–Crippen LogP) is -1.04. The van der Waals surface area contributed by atoms with E-state index in [1.54, 1.807) is 5.01 Å². The number of piperazine rings is 1. The highest BCUT2D eigenvalue weighted by Crippen LogP contribution is 2.03. The summed E-state index contributed by atoms with van der Waals surface area (Å²) in [4.78, 5) is 0. The second-order valence-electron chi connectivity index (χ2n) is 2.50. The van der Waals surface area contributed by atoms with Crippen LogP contribution in [0.25, 0.3) is 0 Å². The number of hydrogen-bond donors (Lipinski definition) is 3. The molecule has 1 aliphatic heterocycles. The van der Waals surface area contributed by atoms with Crippen molar-refractivity contribution in [3.63, 3.8) is 0 Å². The number of hydrazine groups is 1. The first-order chi connectivity index (χ1) is 4.72. The molecule has 10 heavy (non-hydrogen) atoms. The highest BCUT2D eigenvalue weighted by molar-refractivity contribution is 5.10. The Hall–Kier alpha value is -0.740. The van der Waals surface area contributed by atoms with Gasteiger partial charge in [0.15, 0.2) is 0 Å². The Labute approximate surface area is 60.8 Å². The van der Waals surface area contributed by atoms with Crippen LogP contribution in [-0.2, 0) is 0 Å². The minimum atomic E-state index is 0.791. The van der Waals surface area contributed by atoms with Gasteiger partial charge in [-0.05, 0) is 6.92 Å². The lowest BCUT2D eigenvalue weighted by molar-refractivity contribution is 0.307. The molecule has 0 spiro atoms. The van der Waals surface area contributed by atoms with Crippen LogP contribution in [0.5, 0.6) is 0 Å². The minimum absolute atomic E-state index is 0.791. The number of hydrogen-bond acceptors (Lipinski definition) is 4. The summed E-state index contributed by atoms with van der Waals surface area (Å²) < 4.78 is 0. The smallest absolute Gasteiger partial charge is 0.0613 e. The van der Waals surface area contributed by atoms with E-state index >= 15 is 0 Å². The zero-order valence-corrected chi connectivity index (χ0v) is 6.22. The van der Waals surface area contributed by atoms with Gasteiger partial charge in [-0.25, -0.2) is 5.84 Å². The lowest BCUT2D eigenvalue weighted by Gasteiger charge is -2.28. The fourth-order valence-electron chi connectivity index (χ4n) is 1.01. The van der Waals surface area contributed by atoms with Gasteiger partial charge in [0.25, 0.3) is 0 Å². The molecule has 4 nitrogen and oxygen atoms in total. The van der Waals surface area contributed by atoms with E-state index in [4.69, 9.17) is 11.6 Å². The van der Waals surface area contributed by atoms with E-state index in [1.165, 1.54) is 0 Å². The van der Waals surface area contributed by atoms with E-state index in [1.807, 2.05) is 6.92 Å². The lowest BCUT2D eigenvalue weighted by Crippen LogP contribution is -2.46. The predicted molar refractivity (Wildman–Crippen MR) is 40.7 cm³/mol. The van der Waals surface area contributed by atoms with Gasteiger partial charge < -0.3 is 16.1 Å². The molecule has 0 unspecified atom stereocenters. The SMILES string of the molecule is C/C(N)=C1\CNCCN1N. The highest BCUT2D eigenvalue weighted by Gasteiger charge is 2.11. The molecule has 4 heteroatoms. The van der Waals surface area contributed by atoms with Gasteiger partial charge in [-0.1, -0.05) is 0 Å². The first-order valence-corrected chi connectivity index (χ1v) is 3.40. The third-order valence-corrected chi connectivity index (χ3v) is 1.62. The van der Waals surface area contributed by atoms with Crippen molar-refractivity contribution in [3.05, 3.63) is 11.4 Å². The number of allylic oxidation sites excluding steroid dienone is 1. The zero-order valence-electron chi connectivity index (χ0n) is 6.22. The standard InChI is InChI=1S/C6H14N4/c1-5(7)6-4-9-2-3-10(6)8/h9H,2-4,7-8H2,1H3/b6-5-. The normalized spacial score (nSPS) is 24.8. The highest BCUT2D eigenvalue weighted by atomic mass is 15.4. The minimum Gasteiger partial charge on any atom is -0.401 e. The fourth-order valence-corrected chi connectivity index (χ4v) is 1.01. The van der Waals surface area contributed by atoms with E-state index in [0.717, 1.165) is 31.0 Å². The average Bonchev–Trinajstić information content (AvgIpc) is 1.88. The van der Waals surface area contributed by atoms with Crippen molar-refractivity contribution < 1.29 is 0 Å². The van der Waals surface area contributed by atoms with Gasteiger partial charge in [0.05, 0.1) is 5.70 Å². The van der Waals surface area contributed by atoms with Gasteiger partial charge in [0, 0.05) is 25.3 Å². The van der Waals surface area contributed by atoms with E-state index in [2.05, 4.69) is 5.32 Å². The fraction of sp³-hybridized carbons (Fsp3) is 0.667. The maximum atomic E-state index is 5.64. The maximum absolute atomic E-state index is 5.64. The van der Waals surface area contributed by atoms with Crippen molar-refractivity contribution in [2.45, 2.75) is 6.92 Å². The summed E-state index contributed by atoms with van der Waals surface area (Å²) in [7, 11) is 0. The Morgan fingerprint density at radius 2 is 2.40 bits per heavy atom. The molecular weight excluding hydrogens is 128 g/mol. The van der Waals surface area contributed by atoms with Gasteiger partial charge >= 0.3 is 0 Å². The molecule has 0 amide bonds. The molecular formula is C6H14N4. The molecule has 5 N–H and O–H groups in total. The van der Waals surface area contributed by atoms with E-state index in [9.17, 15) is 0 Å². The molecule has 0 aliphatic carbocycles. The van der Waals surface area contributed by atoms with Crippen LogP contribution in [0, 0.1) is 0 Å². The van der Waals surface area contributed by atoms with Gasteiger partial charge in [0.2, 0.25) is 0 Å². The molecule has 0 atom stereocenters. The van der Waals surface area contributed by atoms with E-state index in [-0.39, 0.29) is 0 Å². The van der Waals surface area contributed by atoms with Crippen LogP contribution in [0.4, 0.5) is 0 Å². The molecule has 58 valence electrons. The molecule has 0 aromatic heterocycles. The monoisotopic (exact) mass is 142 g/mol. The van der Waals surface area contributed by atoms with Gasteiger partial charge in [-0.15, -0.1) is 0 Å². The summed E-state index contributed by atoms with van der Waals surface area (Å²) in [6.07, 6.45) is 0. The van der Waals surface area contributed by atoms with Crippen molar-refractivity contribution in [3.8, 4) is 0 Å². The molecule has 1 saturated heterocycles. The molecule has 0 saturated carbocycles. The quantitative estimate of drug-likeness (QED) is 0.378. The van der Waals surface area contributed by atoms with Crippen LogP contribution in [0.15, 0.2) is 11.4 Å². The molecule has 1 heterocycles. The van der Waals surface area contributed by atoms with Gasteiger partial charge in [0.1, 0.15) is 0 Å². The second kappa shape index (κ2) is 2.90. The number of rotatable bonds is 0. The van der Waals surface area contributed by atoms with Gasteiger partial charge in [-0.2, -0.15) is 0 Å². The van der Waals surface area contributed by atoms with Crippen LogP contribution in [0.1, 0.15) is 6.92 Å². The van der Waals surface area contributed by atoms with E-state index in [0.29, 0.717) is 0 Å². The molecule has 0 aromatic rings. The average molecular weight is 142 g/mol. The van der Waals surface area contributed by atoms with E-state index < -0.39 is 0 Å². The Morgan fingerprint density at radius 1 is 1.70 bits per heavy atom. The molecule has 0 radical (unpaired) electrons. The summed E-state index contributed by atoms with van der Waals surface area (Å²) in [5.74, 6) is 5.64. The molecule has 0 bridgehead atoms. The number of nitrogens with two attached hydrogens (primary N) is 2. The van der Waals surface area contributed by atoms with Crippen molar-refractivity contribution in [2.75, 3.05) is 19.6 Å². The van der Waals surface area contributed by atoms with Crippen LogP contribution in [-0.4, -0.2) is 24.6 Å². The van der Waals surface area contributed by atoms with Crippen molar-refractivity contribution >= 4 is 0 Å². The molecule has 1 fully saturated rings. The number of nitrogens with one attached hydrogen (secondary N) is 1. The Kier molecular flexibility index (Phi) is 2.13. The Balaban J connectivity index is 2.65. The third kappa shape index (κ3) is 1.40. The third-order valence-electron chi connectivity index (χ3n) is 1.62. The summed E-state index contributed by atoms with van der Waals surface area (Å²) in [5.41, 5.74) is 7.38. The van der Waals surface area contributed by atoms with Gasteiger partial charge in [-0.3, -0.25) is 0 Å². The van der Waals surface area contributed by atoms with Crippen LogP contribution >= 0.6 is 0 Å². The van der Waals surface area contributed by atoms with Crippen LogP contribution < -0.4 is 16.9 Å². The Bertz CT molecular complexity index is 148. The molecule has 1 rings (SSSR count). The second-order valence-corrected chi connectivity index (χ2v) is 2.50. The topological polar surface area (TPSA) is 67.3 Å². The zero-order chi connectivity index (χ0) is 7.56. The summed E-state index contributed by atoms with van der Waals surface area (Å²) in [6, 6.07) is 0. The maximum Gasteiger partial charge on any atom is 0.0613 e. The van der Waals surface area contributed by atoms with Crippen molar-refractivity contribution in [2.24, 2.45) is 11.6 Å². The summed E-state index contributed by atoms with van der Waals surface area (Å²) in [6.45, 7) is 4.43.